The van der Waals surface area contributed by atoms with E-state index >= 15 is 0 Å². The van der Waals surface area contributed by atoms with E-state index in [1.54, 1.807) is 0 Å². The highest BCUT2D eigenvalue weighted by molar-refractivity contribution is 5.21. The standard InChI is InChI=1S/C20H26N2O/c21-19(13-16-7-3-1-4-8-16)20(23)15-22-12-11-18(14-22)17-9-5-2-6-10-17/h1-10,18-20,23H,11-15,21H2/t18-,19+,20-/m0/s1. The monoisotopic (exact) mass is 310 g/mol. The minimum atomic E-state index is -0.482. The van der Waals surface area contributed by atoms with Crippen LogP contribution in [0.4, 0.5) is 0 Å². The molecule has 1 aliphatic rings. The number of nitrogens with zero attached hydrogens (tertiary/aromatic N) is 1. The van der Waals surface area contributed by atoms with Gasteiger partial charge >= 0.3 is 0 Å². The third-order valence-electron chi connectivity index (χ3n) is 4.80. The lowest BCUT2D eigenvalue weighted by Gasteiger charge is -2.24. The van der Waals surface area contributed by atoms with Crippen molar-refractivity contribution < 1.29 is 5.11 Å². The average Bonchev–Trinajstić information content (AvgIpc) is 3.05. The normalized spacial score (nSPS) is 21.2. The fourth-order valence-corrected chi connectivity index (χ4v) is 3.42. The first kappa shape index (κ1) is 16.2. The van der Waals surface area contributed by atoms with Crippen molar-refractivity contribution >= 4 is 0 Å². The predicted molar refractivity (Wildman–Crippen MR) is 94.4 cm³/mol. The van der Waals surface area contributed by atoms with Crippen LogP contribution in [0.1, 0.15) is 23.5 Å². The van der Waals surface area contributed by atoms with Crippen LogP contribution in [0.5, 0.6) is 0 Å². The van der Waals surface area contributed by atoms with Gasteiger partial charge in [0.25, 0.3) is 0 Å². The molecule has 1 fully saturated rings. The zero-order chi connectivity index (χ0) is 16.1. The zero-order valence-electron chi connectivity index (χ0n) is 13.5. The third-order valence-corrected chi connectivity index (χ3v) is 4.80. The van der Waals surface area contributed by atoms with Crippen LogP contribution in [0.2, 0.25) is 0 Å². The molecule has 3 N–H and O–H groups in total. The summed E-state index contributed by atoms with van der Waals surface area (Å²) in [5, 5.41) is 10.4. The van der Waals surface area contributed by atoms with Gasteiger partial charge in [-0.1, -0.05) is 60.7 Å². The fourth-order valence-electron chi connectivity index (χ4n) is 3.42. The van der Waals surface area contributed by atoms with Crippen molar-refractivity contribution in [1.82, 2.24) is 4.90 Å². The Labute approximate surface area is 138 Å². The van der Waals surface area contributed by atoms with Crippen LogP contribution in [0.25, 0.3) is 0 Å². The smallest absolute Gasteiger partial charge is 0.0820 e. The number of rotatable bonds is 6. The van der Waals surface area contributed by atoms with E-state index in [0.717, 1.165) is 25.9 Å². The van der Waals surface area contributed by atoms with E-state index in [1.165, 1.54) is 11.1 Å². The topological polar surface area (TPSA) is 49.5 Å². The van der Waals surface area contributed by atoms with Crippen LogP contribution >= 0.6 is 0 Å². The number of hydrogen-bond donors (Lipinski definition) is 2. The molecule has 2 aromatic carbocycles. The molecule has 0 amide bonds. The van der Waals surface area contributed by atoms with Gasteiger partial charge in [-0.3, -0.25) is 0 Å². The van der Waals surface area contributed by atoms with Crippen molar-refractivity contribution in [2.45, 2.75) is 30.9 Å². The van der Waals surface area contributed by atoms with Crippen LogP contribution in [0.3, 0.4) is 0 Å². The maximum atomic E-state index is 10.4. The summed E-state index contributed by atoms with van der Waals surface area (Å²) < 4.78 is 0. The van der Waals surface area contributed by atoms with Crippen LogP contribution in [-0.2, 0) is 6.42 Å². The van der Waals surface area contributed by atoms with Crippen LogP contribution in [0.15, 0.2) is 60.7 Å². The summed E-state index contributed by atoms with van der Waals surface area (Å²) >= 11 is 0. The molecule has 3 nitrogen and oxygen atoms in total. The number of aliphatic hydroxyl groups is 1. The Morgan fingerprint density at radius 1 is 1.04 bits per heavy atom. The van der Waals surface area contributed by atoms with E-state index in [2.05, 4.69) is 47.4 Å². The molecule has 3 heteroatoms. The van der Waals surface area contributed by atoms with Crippen molar-refractivity contribution in [2.24, 2.45) is 5.73 Å². The van der Waals surface area contributed by atoms with Gasteiger partial charge in [0, 0.05) is 19.1 Å². The molecular weight excluding hydrogens is 284 g/mol. The zero-order valence-corrected chi connectivity index (χ0v) is 13.5. The molecule has 0 unspecified atom stereocenters. The minimum absolute atomic E-state index is 0.215. The first-order valence-corrected chi connectivity index (χ1v) is 8.47. The van der Waals surface area contributed by atoms with Gasteiger partial charge in [-0.05, 0) is 36.4 Å². The molecule has 0 radical (unpaired) electrons. The molecule has 0 spiro atoms. The Morgan fingerprint density at radius 2 is 1.70 bits per heavy atom. The summed E-state index contributed by atoms with van der Waals surface area (Å²) in [6.07, 6.45) is 1.40. The molecule has 122 valence electrons. The van der Waals surface area contributed by atoms with Gasteiger partial charge in [0.1, 0.15) is 0 Å². The highest BCUT2D eigenvalue weighted by atomic mass is 16.3. The molecule has 1 heterocycles. The van der Waals surface area contributed by atoms with Crippen molar-refractivity contribution in [3.63, 3.8) is 0 Å². The second-order valence-electron chi connectivity index (χ2n) is 6.58. The Kier molecular flexibility index (Phi) is 5.44. The number of aliphatic hydroxyl groups excluding tert-OH is 1. The third kappa shape index (κ3) is 4.41. The summed E-state index contributed by atoms with van der Waals surface area (Å²) in [5.74, 6) is 0.578. The fraction of sp³-hybridized carbons (Fsp3) is 0.400. The molecule has 3 rings (SSSR count). The number of β-amino-alcohol motifs (C(OH)–C–C–N with tert-alkyl or cyclic N) is 1. The van der Waals surface area contributed by atoms with E-state index in [9.17, 15) is 5.11 Å². The largest absolute Gasteiger partial charge is 0.390 e. The number of benzene rings is 2. The maximum Gasteiger partial charge on any atom is 0.0820 e. The second-order valence-corrected chi connectivity index (χ2v) is 6.58. The van der Waals surface area contributed by atoms with Crippen LogP contribution in [-0.4, -0.2) is 41.8 Å². The van der Waals surface area contributed by atoms with Crippen LogP contribution in [0, 0.1) is 0 Å². The molecule has 2 aromatic rings. The molecule has 1 aliphatic heterocycles. The summed E-state index contributed by atoms with van der Waals surface area (Å²) in [6, 6.07) is 20.6. The van der Waals surface area contributed by atoms with Gasteiger partial charge < -0.3 is 15.7 Å². The highest BCUT2D eigenvalue weighted by Crippen LogP contribution is 2.27. The SMILES string of the molecule is N[C@H](Cc1ccccc1)[C@@H](O)CN1CC[C@H](c2ccccc2)C1. The lowest BCUT2D eigenvalue weighted by molar-refractivity contribution is 0.101. The Bertz CT molecular complexity index is 587. The molecule has 0 aliphatic carbocycles. The molecular formula is C20H26N2O. The summed E-state index contributed by atoms with van der Waals surface area (Å²) in [6.45, 7) is 2.71. The predicted octanol–water partition coefficient (Wildman–Crippen LogP) is 2.41. The molecule has 23 heavy (non-hydrogen) atoms. The van der Waals surface area contributed by atoms with E-state index in [-0.39, 0.29) is 6.04 Å². The Morgan fingerprint density at radius 3 is 2.39 bits per heavy atom. The van der Waals surface area contributed by atoms with Crippen molar-refractivity contribution in [1.29, 1.82) is 0 Å². The number of nitrogens with two attached hydrogens (primary N) is 1. The summed E-state index contributed by atoms with van der Waals surface area (Å²) in [4.78, 5) is 2.34. The molecule has 3 atom stereocenters. The molecule has 1 saturated heterocycles. The van der Waals surface area contributed by atoms with Gasteiger partial charge in [0.15, 0.2) is 0 Å². The number of hydrogen-bond acceptors (Lipinski definition) is 3. The lowest BCUT2D eigenvalue weighted by atomic mass is 9.99. The Balaban J connectivity index is 1.49. The molecule has 0 saturated carbocycles. The van der Waals surface area contributed by atoms with Crippen molar-refractivity contribution in [3.8, 4) is 0 Å². The van der Waals surface area contributed by atoms with Crippen molar-refractivity contribution in [3.05, 3.63) is 71.8 Å². The second kappa shape index (κ2) is 7.73. The van der Waals surface area contributed by atoms with Gasteiger partial charge in [-0.25, -0.2) is 0 Å². The quantitative estimate of drug-likeness (QED) is 0.861. The molecule has 0 aromatic heterocycles. The van der Waals surface area contributed by atoms with Crippen LogP contribution < -0.4 is 5.73 Å². The Hall–Kier alpha value is -1.68. The number of likely N-dealkylation sites (tertiary alicyclic amines) is 1. The van der Waals surface area contributed by atoms with Gasteiger partial charge in [0.2, 0.25) is 0 Å². The first-order chi connectivity index (χ1) is 11.2. The van der Waals surface area contributed by atoms with E-state index in [4.69, 9.17) is 5.73 Å². The maximum absolute atomic E-state index is 10.4. The highest BCUT2D eigenvalue weighted by Gasteiger charge is 2.26. The van der Waals surface area contributed by atoms with Gasteiger partial charge in [-0.2, -0.15) is 0 Å². The van der Waals surface area contributed by atoms with E-state index in [0.29, 0.717) is 12.5 Å². The van der Waals surface area contributed by atoms with Crippen molar-refractivity contribution in [2.75, 3.05) is 19.6 Å². The van der Waals surface area contributed by atoms with E-state index < -0.39 is 6.10 Å². The summed E-state index contributed by atoms with van der Waals surface area (Å²) in [7, 11) is 0. The van der Waals surface area contributed by atoms with E-state index in [1.807, 2.05) is 18.2 Å². The average molecular weight is 310 g/mol. The lowest BCUT2D eigenvalue weighted by Crippen LogP contribution is -2.44. The van der Waals surface area contributed by atoms with Gasteiger partial charge in [0.05, 0.1) is 6.10 Å². The first-order valence-electron chi connectivity index (χ1n) is 8.47. The molecule has 0 bridgehead atoms. The minimum Gasteiger partial charge on any atom is -0.390 e. The summed E-state index contributed by atoms with van der Waals surface area (Å²) in [5.41, 5.74) is 8.78. The van der Waals surface area contributed by atoms with Gasteiger partial charge in [-0.15, -0.1) is 0 Å².